The molecule has 0 saturated carbocycles. The van der Waals surface area contributed by atoms with Crippen molar-refractivity contribution in [2.45, 2.75) is 82.8 Å². The average molecular weight is 764 g/mol. The van der Waals surface area contributed by atoms with Crippen LogP contribution in [0.4, 0.5) is 8.78 Å². The van der Waals surface area contributed by atoms with Crippen molar-refractivity contribution in [1.82, 2.24) is 15.0 Å². The Kier molecular flexibility index (Phi) is 11.6. The lowest BCUT2D eigenvalue weighted by Gasteiger charge is -2.35. The van der Waals surface area contributed by atoms with Gasteiger partial charge in [-0.15, -0.1) is 0 Å². The van der Waals surface area contributed by atoms with Gasteiger partial charge in [-0.25, -0.2) is 26.7 Å². The zero-order valence-electron chi connectivity index (χ0n) is 30.5. The summed E-state index contributed by atoms with van der Waals surface area (Å²) < 4.78 is 62.9. The molecule has 0 fully saturated rings. The second-order valence-electron chi connectivity index (χ2n) is 13.9. The summed E-state index contributed by atoms with van der Waals surface area (Å²) in [7, 11) is -4.14. The Morgan fingerprint density at radius 3 is 2.11 bits per heavy atom. The van der Waals surface area contributed by atoms with Gasteiger partial charge < -0.3 is 25.9 Å². The molecule has 1 aromatic heterocycles. The van der Waals surface area contributed by atoms with E-state index in [0.29, 0.717) is 40.1 Å². The Morgan fingerprint density at radius 1 is 0.963 bits per heavy atom. The number of aliphatic carboxylic acids is 1. The number of guanidine groups is 1. The first kappa shape index (κ1) is 39.6. The van der Waals surface area contributed by atoms with Gasteiger partial charge in [-0.1, -0.05) is 24.3 Å². The summed E-state index contributed by atoms with van der Waals surface area (Å²) in [6.07, 6.45) is 1.35. The van der Waals surface area contributed by atoms with E-state index in [2.05, 4.69) is 20.0 Å². The van der Waals surface area contributed by atoms with Gasteiger partial charge in [0.15, 0.2) is 0 Å². The number of rotatable bonds is 12. The SMILES string of the molecule is Cc1c(C)c(S(=O)(=O)NC(N)=NCCC[C@H](NC(=O)c2ccc(C(c3ccc(F)cc3)c3ccc(F)cc3)[nH]c2=O)C(=O)O)c(C)c2c1OC(C)(C)CC2. The van der Waals surface area contributed by atoms with Crippen LogP contribution in [-0.2, 0) is 21.2 Å². The molecule has 1 atom stereocenters. The van der Waals surface area contributed by atoms with Gasteiger partial charge in [0.25, 0.3) is 21.5 Å². The number of aromatic nitrogens is 1. The number of aliphatic imine (C=N–C) groups is 1. The third-order valence-electron chi connectivity index (χ3n) is 9.60. The molecule has 54 heavy (non-hydrogen) atoms. The molecule has 1 aliphatic heterocycles. The quantitative estimate of drug-likeness (QED) is 0.0746. The van der Waals surface area contributed by atoms with Crippen molar-refractivity contribution in [2.75, 3.05) is 6.54 Å². The monoisotopic (exact) mass is 763 g/mol. The van der Waals surface area contributed by atoms with E-state index in [1.54, 1.807) is 13.8 Å². The molecule has 0 spiro atoms. The fourth-order valence-electron chi connectivity index (χ4n) is 6.66. The van der Waals surface area contributed by atoms with Gasteiger partial charge in [0.05, 0.1) is 4.90 Å². The molecule has 12 nitrogen and oxygen atoms in total. The molecule has 286 valence electrons. The lowest BCUT2D eigenvalue weighted by molar-refractivity contribution is -0.139. The number of aromatic amines is 1. The normalized spacial score (nSPS) is 14.6. The number of hydrogen-bond donors (Lipinski definition) is 5. The van der Waals surface area contributed by atoms with E-state index in [4.69, 9.17) is 10.5 Å². The summed E-state index contributed by atoms with van der Waals surface area (Å²) in [5, 5.41) is 12.2. The number of pyridine rings is 1. The second kappa shape index (κ2) is 15.8. The van der Waals surface area contributed by atoms with Gasteiger partial charge in [0, 0.05) is 18.2 Å². The first-order valence-electron chi connectivity index (χ1n) is 17.3. The van der Waals surface area contributed by atoms with Crippen molar-refractivity contribution in [3.8, 4) is 5.75 Å². The first-order valence-corrected chi connectivity index (χ1v) is 18.8. The van der Waals surface area contributed by atoms with Crippen LogP contribution in [0.2, 0.25) is 0 Å². The molecule has 15 heteroatoms. The van der Waals surface area contributed by atoms with Crippen molar-refractivity contribution in [1.29, 1.82) is 0 Å². The smallest absolute Gasteiger partial charge is 0.326 e. The van der Waals surface area contributed by atoms with Crippen LogP contribution >= 0.6 is 0 Å². The minimum atomic E-state index is -4.14. The summed E-state index contributed by atoms with van der Waals surface area (Å²) in [5.74, 6) is -3.56. The van der Waals surface area contributed by atoms with Gasteiger partial charge in [0.1, 0.15) is 34.6 Å². The highest BCUT2D eigenvalue weighted by Crippen LogP contribution is 2.42. The maximum Gasteiger partial charge on any atom is 0.326 e. The Labute approximate surface area is 311 Å². The Morgan fingerprint density at radius 2 is 1.56 bits per heavy atom. The molecule has 0 aliphatic carbocycles. The van der Waals surface area contributed by atoms with E-state index in [0.717, 1.165) is 17.5 Å². The van der Waals surface area contributed by atoms with Crippen molar-refractivity contribution in [2.24, 2.45) is 10.7 Å². The second-order valence-corrected chi connectivity index (χ2v) is 15.6. The average Bonchev–Trinajstić information content (AvgIpc) is 3.09. The van der Waals surface area contributed by atoms with E-state index in [9.17, 15) is 36.7 Å². The number of ether oxygens (including phenoxy) is 1. The highest BCUT2D eigenvalue weighted by Gasteiger charge is 2.34. The van der Waals surface area contributed by atoms with Crippen molar-refractivity contribution >= 4 is 27.9 Å². The summed E-state index contributed by atoms with van der Waals surface area (Å²) >= 11 is 0. The predicted octanol–water partition coefficient (Wildman–Crippen LogP) is 5.12. The molecule has 0 unspecified atom stereocenters. The molecule has 2 heterocycles. The van der Waals surface area contributed by atoms with Crippen LogP contribution < -0.4 is 26.1 Å². The van der Waals surface area contributed by atoms with Crippen LogP contribution in [0.5, 0.6) is 5.75 Å². The molecule has 6 N–H and O–H groups in total. The van der Waals surface area contributed by atoms with Gasteiger partial charge >= 0.3 is 5.97 Å². The summed E-state index contributed by atoms with van der Waals surface area (Å²) in [5.41, 5.74) is 8.59. The zero-order chi connectivity index (χ0) is 39.5. The number of carboxylic acid groups (broad SMARTS) is 1. The van der Waals surface area contributed by atoms with Gasteiger partial charge in [0.2, 0.25) is 5.96 Å². The molecule has 4 aromatic rings. The number of halogens is 2. The fraction of sp³-hybridized carbons (Fsp3) is 0.333. The topological polar surface area (TPSA) is 193 Å². The maximum absolute atomic E-state index is 13.7. The summed E-state index contributed by atoms with van der Waals surface area (Å²) in [6, 6.07) is 12.5. The molecule has 1 amide bonds. The largest absolute Gasteiger partial charge is 0.487 e. The number of H-pyrrole nitrogens is 1. The number of nitrogens with zero attached hydrogens (tertiary/aromatic N) is 1. The molecule has 5 rings (SSSR count). The predicted molar refractivity (Wildman–Crippen MR) is 199 cm³/mol. The number of carbonyl (C=O) groups is 2. The van der Waals surface area contributed by atoms with Crippen molar-refractivity contribution < 1.29 is 36.6 Å². The van der Waals surface area contributed by atoms with Crippen LogP contribution in [-0.4, -0.2) is 54.5 Å². The minimum Gasteiger partial charge on any atom is -0.487 e. The Bertz CT molecular complexity index is 2230. The van der Waals surface area contributed by atoms with E-state index >= 15 is 0 Å². The van der Waals surface area contributed by atoms with E-state index < -0.39 is 51.1 Å². The zero-order valence-corrected chi connectivity index (χ0v) is 31.4. The third kappa shape index (κ3) is 8.79. The minimum absolute atomic E-state index is 0.0679. The number of carboxylic acids is 1. The number of benzene rings is 3. The molecule has 0 saturated heterocycles. The van der Waals surface area contributed by atoms with Crippen molar-refractivity contribution in [3.05, 3.63) is 127 Å². The number of sulfonamides is 1. The van der Waals surface area contributed by atoms with Gasteiger partial charge in [-0.3, -0.25) is 14.6 Å². The highest BCUT2D eigenvalue weighted by molar-refractivity contribution is 7.90. The lowest BCUT2D eigenvalue weighted by Crippen LogP contribution is -2.42. The lowest BCUT2D eigenvalue weighted by atomic mass is 9.88. The number of nitrogens with two attached hydrogens (primary N) is 1. The Hall–Kier alpha value is -5.57. The fourth-order valence-corrected chi connectivity index (χ4v) is 8.18. The molecule has 1 aliphatic rings. The summed E-state index contributed by atoms with van der Waals surface area (Å²) in [4.78, 5) is 45.1. The van der Waals surface area contributed by atoms with Crippen molar-refractivity contribution in [3.63, 3.8) is 0 Å². The number of nitrogens with one attached hydrogen (secondary N) is 3. The van der Waals surface area contributed by atoms with Crippen LogP contribution in [0.1, 0.15) is 88.5 Å². The van der Waals surface area contributed by atoms with Crippen LogP contribution in [0.3, 0.4) is 0 Å². The van der Waals surface area contributed by atoms with E-state index in [1.165, 1.54) is 60.7 Å². The highest BCUT2D eigenvalue weighted by atomic mass is 32.2. The van der Waals surface area contributed by atoms with E-state index in [1.807, 2.05) is 20.8 Å². The molecule has 3 aromatic carbocycles. The number of fused-ring (bicyclic) bond motifs is 1. The number of carbonyl (C=O) groups excluding carboxylic acids is 1. The van der Waals surface area contributed by atoms with E-state index in [-0.39, 0.29) is 41.4 Å². The van der Waals surface area contributed by atoms with Crippen LogP contribution in [0.15, 0.2) is 75.3 Å². The molecule has 0 radical (unpaired) electrons. The third-order valence-corrected chi connectivity index (χ3v) is 11.2. The summed E-state index contributed by atoms with van der Waals surface area (Å²) in [6.45, 7) is 9.16. The number of amides is 1. The first-order chi connectivity index (χ1) is 25.4. The van der Waals surface area contributed by atoms with Gasteiger partial charge in [-0.05, 0) is 130 Å². The maximum atomic E-state index is 13.7. The molecular weight excluding hydrogens is 721 g/mol. The Balaban J connectivity index is 1.24. The number of hydrogen-bond acceptors (Lipinski definition) is 7. The van der Waals surface area contributed by atoms with Gasteiger partial charge in [-0.2, -0.15) is 0 Å². The van der Waals surface area contributed by atoms with Crippen LogP contribution in [0, 0.1) is 32.4 Å². The van der Waals surface area contributed by atoms with Crippen LogP contribution in [0.25, 0.3) is 0 Å². The standard InChI is InChI=1S/C39H43F2N5O7S/c1-21-22(2)34(23(3)28-18-19-39(4,5)53-33(21)28)54(51,52)46-38(42)43-20-6-7-31(37(49)50)45-36(48)29-16-17-30(44-35(29)47)32(24-8-12-26(40)13-9-24)25-10-14-27(41)15-11-25/h8-17,31-32H,6-7,18-20H2,1-5H3,(H,44,47)(H,45,48)(H,49,50)(H3,42,43,46)/t31-/m0/s1. The molecular formula is C39H43F2N5O7S. The molecule has 0 bridgehead atoms.